The zero-order valence-corrected chi connectivity index (χ0v) is 10.5. The second-order valence-corrected chi connectivity index (χ2v) is 4.88. The van der Waals surface area contributed by atoms with Crippen molar-refractivity contribution in [3.63, 3.8) is 0 Å². The molecular weight excluding hydrogens is 228 g/mol. The highest BCUT2D eigenvalue weighted by Gasteiger charge is 2.21. The summed E-state index contributed by atoms with van der Waals surface area (Å²) in [6, 6.07) is 5.30. The van der Waals surface area contributed by atoms with Gasteiger partial charge in [0.05, 0.1) is 8.81 Å². The highest BCUT2D eigenvalue weighted by atomic mass is 31.1. The Hall–Kier alpha value is -0.520. The Morgan fingerprint density at radius 1 is 1.53 bits per heavy atom. The van der Waals surface area contributed by atoms with Gasteiger partial charge in [-0.15, -0.1) is 0 Å². The Balaban J connectivity index is 1.95. The number of benzene rings is 1. The lowest BCUT2D eigenvalue weighted by molar-refractivity contribution is 0.475. The van der Waals surface area contributed by atoms with E-state index in [2.05, 4.69) is 14.5 Å². The van der Waals surface area contributed by atoms with E-state index in [4.69, 9.17) is 4.52 Å². The van der Waals surface area contributed by atoms with Gasteiger partial charge in [0.2, 0.25) is 0 Å². The summed E-state index contributed by atoms with van der Waals surface area (Å²) in [6.07, 6.45) is 3.85. The third kappa shape index (κ3) is 2.96. The Morgan fingerprint density at radius 2 is 2.33 bits per heavy atom. The Kier molecular flexibility index (Phi) is 3.66. The van der Waals surface area contributed by atoms with Gasteiger partial charge < -0.3 is 14.7 Å². The SMILES string of the molecule is Oc1cccc(OPCC2CC2)c1NP. The number of phenolic OH excluding ortho intramolecular Hbond substituents is 1. The molecule has 0 heterocycles. The fourth-order valence-electron chi connectivity index (χ4n) is 1.31. The fourth-order valence-corrected chi connectivity index (χ4v) is 2.65. The number of aromatic hydroxyl groups is 1. The molecule has 1 aliphatic carbocycles. The minimum Gasteiger partial charge on any atom is -0.506 e. The van der Waals surface area contributed by atoms with E-state index < -0.39 is 0 Å². The van der Waals surface area contributed by atoms with E-state index >= 15 is 0 Å². The number of para-hydroxylation sites is 1. The number of rotatable bonds is 5. The molecule has 2 unspecified atom stereocenters. The molecule has 0 saturated heterocycles. The third-order valence-electron chi connectivity index (χ3n) is 2.40. The zero-order chi connectivity index (χ0) is 10.7. The van der Waals surface area contributed by atoms with Crippen LogP contribution in [0.5, 0.6) is 11.5 Å². The van der Waals surface area contributed by atoms with Gasteiger partial charge in [-0.1, -0.05) is 6.07 Å². The van der Waals surface area contributed by atoms with Gasteiger partial charge in [0, 0.05) is 6.16 Å². The van der Waals surface area contributed by atoms with Crippen LogP contribution in [0, 0.1) is 5.92 Å². The first-order chi connectivity index (χ1) is 7.31. The Labute approximate surface area is 93.7 Å². The lowest BCUT2D eigenvalue weighted by Crippen LogP contribution is -1.89. The molecule has 82 valence electrons. The summed E-state index contributed by atoms with van der Waals surface area (Å²) in [6.45, 7) is 0. The molecule has 1 saturated carbocycles. The van der Waals surface area contributed by atoms with Crippen LogP contribution >= 0.6 is 18.2 Å². The molecule has 2 atom stereocenters. The van der Waals surface area contributed by atoms with E-state index in [-0.39, 0.29) is 5.75 Å². The van der Waals surface area contributed by atoms with Crippen LogP contribution in [0.3, 0.4) is 0 Å². The Bertz CT molecular complexity index is 342. The average Bonchev–Trinajstić information content (AvgIpc) is 3.02. The van der Waals surface area contributed by atoms with Crippen LogP contribution in [0.1, 0.15) is 12.8 Å². The van der Waals surface area contributed by atoms with Crippen molar-refractivity contribution >= 4 is 23.9 Å². The molecular formula is C10H15NO2P2. The fraction of sp³-hybridized carbons (Fsp3) is 0.400. The van der Waals surface area contributed by atoms with Crippen molar-refractivity contribution in [3.8, 4) is 11.5 Å². The van der Waals surface area contributed by atoms with Crippen molar-refractivity contribution in [2.75, 3.05) is 11.2 Å². The number of phenols is 1. The van der Waals surface area contributed by atoms with E-state index in [1.807, 2.05) is 6.07 Å². The maximum absolute atomic E-state index is 9.56. The standard InChI is InChI=1S/C10H15NO2P2/c12-8-2-1-3-9(10(8)11-14)13-15-6-7-4-5-7/h1-3,7,11-12,15H,4-6,14H2. The van der Waals surface area contributed by atoms with Crippen LogP contribution in [-0.2, 0) is 0 Å². The molecule has 5 heteroatoms. The van der Waals surface area contributed by atoms with Crippen LogP contribution in [-0.4, -0.2) is 11.3 Å². The first-order valence-electron chi connectivity index (χ1n) is 4.99. The van der Waals surface area contributed by atoms with Crippen molar-refractivity contribution in [2.45, 2.75) is 12.8 Å². The topological polar surface area (TPSA) is 41.5 Å². The quantitative estimate of drug-likeness (QED) is 0.617. The van der Waals surface area contributed by atoms with Gasteiger partial charge in [-0.05, 0) is 40.3 Å². The van der Waals surface area contributed by atoms with Crippen LogP contribution in [0.25, 0.3) is 0 Å². The Morgan fingerprint density at radius 3 is 3.00 bits per heavy atom. The molecule has 3 nitrogen and oxygen atoms in total. The lowest BCUT2D eigenvalue weighted by atomic mass is 10.3. The van der Waals surface area contributed by atoms with Crippen molar-refractivity contribution < 1.29 is 9.63 Å². The first-order valence-corrected chi connectivity index (χ1v) is 6.69. The highest BCUT2D eigenvalue weighted by molar-refractivity contribution is 7.32. The molecule has 0 amide bonds. The first kappa shape index (κ1) is 11.0. The summed E-state index contributed by atoms with van der Waals surface area (Å²) in [5, 5.41) is 12.4. The van der Waals surface area contributed by atoms with Gasteiger partial charge in [0.15, 0.2) is 0 Å². The minimum atomic E-state index is 0.221. The molecule has 2 rings (SSSR count). The summed E-state index contributed by atoms with van der Waals surface area (Å²) in [4.78, 5) is 0. The van der Waals surface area contributed by atoms with Crippen LogP contribution < -0.4 is 9.61 Å². The van der Waals surface area contributed by atoms with Crippen molar-refractivity contribution in [1.82, 2.24) is 0 Å². The average molecular weight is 243 g/mol. The molecule has 1 aliphatic rings. The maximum atomic E-state index is 9.56. The van der Waals surface area contributed by atoms with Gasteiger partial charge in [-0.3, -0.25) is 0 Å². The van der Waals surface area contributed by atoms with Crippen LogP contribution in [0.2, 0.25) is 0 Å². The van der Waals surface area contributed by atoms with E-state index in [1.165, 1.54) is 12.8 Å². The highest BCUT2D eigenvalue weighted by Crippen LogP contribution is 2.40. The predicted octanol–water partition coefficient (Wildman–Crippen LogP) is 2.98. The van der Waals surface area contributed by atoms with Crippen molar-refractivity contribution in [1.29, 1.82) is 0 Å². The van der Waals surface area contributed by atoms with E-state index in [0.717, 1.165) is 17.8 Å². The van der Waals surface area contributed by atoms with Crippen LogP contribution in [0.4, 0.5) is 5.69 Å². The summed E-state index contributed by atoms with van der Waals surface area (Å²) >= 11 is 0. The molecule has 1 fully saturated rings. The van der Waals surface area contributed by atoms with Gasteiger partial charge in [-0.25, -0.2) is 0 Å². The molecule has 0 bridgehead atoms. The maximum Gasteiger partial charge on any atom is 0.150 e. The summed E-state index contributed by atoms with van der Waals surface area (Å²) < 4.78 is 5.65. The number of hydrogen-bond donors (Lipinski definition) is 2. The van der Waals surface area contributed by atoms with E-state index in [0.29, 0.717) is 14.5 Å². The molecule has 0 radical (unpaired) electrons. The van der Waals surface area contributed by atoms with Gasteiger partial charge in [0.25, 0.3) is 0 Å². The molecule has 1 aromatic rings. The van der Waals surface area contributed by atoms with Gasteiger partial charge in [0.1, 0.15) is 17.2 Å². The van der Waals surface area contributed by atoms with Gasteiger partial charge >= 0.3 is 0 Å². The molecule has 2 N–H and O–H groups in total. The molecule has 0 aliphatic heterocycles. The summed E-state index contributed by atoms with van der Waals surface area (Å²) in [5.74, 6) is 1.83. The second kappa shape index (κ2) is 5.01. The number of hydrogen-bond acceptors (Lipinski definition) is 3. The third-order valence-corrected chi connectivity index (χ3v) is 3.80. The van der Waals surface area contributed by atoms with Crippen molar-refractivity contribution in [3.05, 3.63) is 18.2 Å². The predicted molar refractivity (Wildman–Crippen MR) is 68.0 cm³/mol. The zero-order valence-electron chi connectivity index (χ0n) is 8.36. The van der Waals surface area contributed by atoms with E-state index in [1.54, 1.807) is 12.1 Å². The molecule has 1 aromatic carbocycles. The molecule has 15 heavy (non-hydrogen) atoms. The number of nitrogens with one attached hydrogen (secondary N) is 1. The monoisotopic (exact) mass is 243 g/mol. The lowest BCUT2D eigenvalue weighted by Gasteiger charge is -2.11. The van der Waals surface area contributed by atoms with Crippen molar-refractivity contribution in [2.24, 2.45) is 5.92 Å². The largest absolute Gasteiger partial charge is 0.506 e. The van der Waals surface area contributed by atoms with Crippen LogP contribution in [0.15, 0.2) is 18.2 Å². The smallest absolute Gasteiger partial charge is 0.150 e. The van der Waals surface area contributed by atoms with Gasteiger partial charge in [-0.2, -0.15) is 0 Å². The van der Waals surface area contributed by atoms with E-state index in [9.17, 15) is 5.11 Å². The normalized spacial score (nSPS) is 15.8. The minimum absolute atomic E-state index is 0.221. The summed E-state index contributed by atoms with van der Waals surface area (Å²) in [5.41, 5.74) is 0.644. The number of anilines is 1. The summed E-state index contributed by atoms with van der Waals surface area (Å²) in [7, 11) is 2.86. The second-order valence-electron chi connectivity index (χ2n) is 3.69. The molecule has 0 aromatic heterocycles. The molecule has 0 spiro atoms.